The van der Waals surface area contributed by atoms with Crippen molar-refractivity contribution >= 4 is 28.2 Å². The molecule has 3 rings (SSSR count). The summed E-state index contributed by atoms with van der Waals surface area (Å²) < 4.78 is 0. The minimum absolute atomic E-state index is 0.204. The SMILES string of the molecule is CCc1ccc(C(=O)Nc2sc3c(c2C(N)=O)CCC3)cc1. The lowest BCUT2D eigenvalue weighted by Gasteiger charge is -2.06. The van der Waals surface area contributed by atoms with Gasteiger partial charge in [-0.15, -0.1) is 11.3 Å². The third-order valence-corrected chi connectivity index (χ3v) is 5.23. The van der Waals surface area contributed by atoms with Gasteiger partial charge in [0.15, 0.2) is 0 Å². The summed E-state index contributed by atoms with van der Waals surface area (Å²) in [5.41, 5.74) is 8.79. The quantitative estimate of drug-likeness (QED) is 0.910. The first-order valence-corrected chi connectivity index (χ1v) is 8.26. The van der Waals surface area contributed by atoms with Crippen LogP contribution in [0, 0.1) is 0 Å². The van der Waals surface area contributed by atoms with E-state index in [1.165, 1.54) is 21.8 Å². The average molecular weight is 314 g/mol. The molecule has 0 spiro atoms. The molecule has 0 saturated carbocycles. The molecular formula is C17H18N2O2S. The third-order valence-electron chi connectivity index (χ3n) is 4.02. The Bertz CT molecular complexity index is 732. The molecule has 0 atom stereocenters. The van der Waals surface area contributed by atoms with Crippen molar-refractivity contribution in [3.8, 4) is 0 Å². The zero-order chi connectivity index (χ0) is 15.7. The molecule has 114 valence electrons. The van der Waals surface area contributed by atoms with Crippen molar-refractivity contribution < 1.29 is 9.59 Å². The fourth-order valence-electron chi connectivity index (χ4n) is 2.82. The Morgan fingerprint density at radius 2 is 1.95 bits per heavy atom. The van der Waals surface area contributed by atoms with Crippen LogP contribution in [0.25, 0.3) is 0 Å². The number of rotatable bonds is 4. The molecule has 1 aromatic heterocycles. The van der Waals surface area contributed by atoms with Gasteiger partial charge in [-0.3, -0.25) is 9.59 Å². The number of carbonyl (C=O) groups is 2. The third kappa shape index (κ3) is 2.64. The number of nitrogens with one attached hydrogen (secondary N) is 1. The van der Waals surface area contributed by atoms with Crippen molar-refractivity contribution in [2.24, 2.45) is 5.73 Å². The van der Waals surface area contributed by atoms with E-state index in [1.807, 2.05) is 12.1 Å². The molecule has 3 N–H and O–H groups in total. The van der Waals surface area contributed by atoms with Gasteiger partial charge in [-0.05, 0) is 48.9 Å². The summed E-state index contributed by atoms with van der Waals surface area (Å²) in [7, 11) is 0. The van der Waals surface area contributed by atoms with E-state index in [9.17, 15) is 9.59 Å². The number of amides is 2. The topological polar surface area (TPSA) is 72.2 Å². The standard InChI is InChI=1S/C17H18N2O2S/c1-2-10-6-8-11(9-7-10)16(21)19-17-14(15(18)20)12-4-3-5-13(12)22-17/h6-9H,2-5H2,1H3,(H2,18,20)(H,19,21). The minimum atomic E-state index is -0.462. The van der Waals surface area contributed by atoms with E-state index in [0.717, 1.165) is 31.2 Å². The first kappa shape index (κ1) is 14.8. The molecule has 2 aromatic rings. The first-order chi connectivity index (χ1) is 10.6. The van der Waals surface area contributed by atoms with Gasteiger partial charge >= 0.3 is 0 Å². The van der Waals surface area contributed by atoms with Gasteiger partial charge in [0, 0.05) is 10.4 Å². The second-order valence-corrected chi connectivity index (χ2v) is 6.54. The fraction of sp³-hybridized carbons (Fsp3) is 0.294. The molecule has 1 aromatic carbocycles. The smallest absolute Gasteiger partial charge is 0.256 e. The zero-order valence-corrected chi connectivity index (χ0v) is 13.3. The molecule has 2 amide bonds. The summed E-state index contributed by atoms with van der Waals surface area (Å²) in [6, 6.07) is 7.50. The van der Waals surface area contributed by atoms with Crippen LogP contribution in [-0.2, 0) is 19.3 Å². The van der Waals surface area contributed by atoms with E-state index in [0.29, 0.717) is 16.1 Å². The molecular weight excluding hydrogens is 296 g/mol. The zero-order valence-electron chi connectivity index (χ0n) is 12.4. The molecule has 1 heterocycles. The molecule has 0 saturated heterocycles. The fourth-order valence-corrected chi connectivity index (χ4v) is 4.11. The highest BCUT2D eigenvalue weighted by Crippen LogP contribution is 2.38. The molecule has 1 aliphatic carbocycles. The van der Waals surface area contributed by atoms with E-state index in [2.05, 4.69) is 12.2 Å². The predicted octanol–water partition coefficient (Wildman–Crippen LogP) is 3.15. The van der Waals surface area contributed by atoms with Crippen molar-refractivity contribution in [2.45, 2.75) is 32.6 Å². The van der Waals surface area contributed by atoms with E-state index < -0.39 is 5.91 Å². The lowest BCUT2D eigenvalue weighted by molar-refractivity contribution is 0.100. The number of benzene rings is 1. The molecule has 4 nitrogen and oxygen atoms in total. The predicted molar refractivity (Wildman–Crippen MR) is 88.6 cm³/mol. The van der Waals surface area contributed by atoms with Gasteiger partial charge in [0.1, 0.15) is 5.00 Å². The van der Waals surface area contributed by atoms with Crippen LogP contribution >= 0.6 is 11.3 Å². The maximum absolute atomic E-state index is 12.4. The Labute approximate surface area is 133 Å². The monoisotopic (exact) mass is 314 g/mol. The minimum Gasteiger partial charge on any atom is -0.365 e. The molecule has 5 heteroatoms. The highest BCUT2D eigenvalue weighted by atomic mass is 32.1. The van der Waals surface area contributed by atoms with Crippen LogP contribution in [0.15, 0.2) is 24.3 Å². The number of hydrogen-bond donors (Lipinski definition) is 2. The lowest BCUT2D eigenvalue weighted by atomic mass is 10.1. The first-order valence-electron chi connectivity index (χ1n) is 7.44. The van der Waals surface area contributed by atoms with Crippen LogP contribution in [0.5, 0.6) is 0 Å². The van der Waals surface area contributed by atoms with Gasteiger partial charge < -0.3 is 11.1 Å². The van der Waals surface area contributed by atoms with Crippen molar-refractivity contribution in [3.05, 3.63) is 51.4 Å². The molecule has 22 heavy (non-hydrogen) atoms. The summed E-state index contributed by atoms with van der Waals surface area (Å²) in [6.07, 6.45) is 3.81. The summed E-state index contributed by atoms with van der Waals surface area (Å²) >= 11 is 1.47. The summed E-state index contributed by atoms with van der Waals surface area (Å²) in [5.74, 6) is -0.666. The summed E-state index contributed by atoms with van der Waals surface area (Å²) in [5, 5.41) is 3.44. The molecule has 0 fully saturated rings. The number of fused-ring (bicyclic) bond motifs is 1. The molecule has 0 bridgehead atoms. The van der Waals surface area contributed by atoms with Gasteiger partial charge in [0.25, 0.3) is 11.8 Å². The van der Waals surface area contributed by atoms with E-state index in [1.54, 1.807) is 12.1 Å². The second-order valence-electron chi connectivity index (χ2n) is 5.43. The van der Waals surface area contributed by atoms with Crippen molar-refractivity contribution in [1.29, 1.82) is 0 Å². The lowest BCUT2D eigenvalue weighted by Crippen LogP contribution is -2.17. The highest BCUT2D eigenvalue weighted by molar-refractivity contribution is 7.17. The van der Waals surface area contributed by atoms with Crippen molar-refractivity contribution in [2.75, 3.05) is 5.32 Å². The molecule has 0 aliphatic heterocycles. The number of primary amides is 1. The van der Waals surface area contributed by atoms with Crippen LogP contribution in [-0.4, -0.2) is 11.8 Å². The summed E-state index contributed by atoms with van der Waals surface area (Å²) in [6.45, 7) is 2.07. The number of hydrogen-bond acceptors (Lipinski definition) is 3. The largest absolute Gasteiger partial charge is 0.365 e. The molecule has 1 aliphatic rings. The van der Waals surface area contributed by atoms with E-state index in [-0.39, 0.29) is 5.91 Å². The van der Waals surface area contributed by atoms with E-state index >= 15 is 0 Å². The van der Waals surface area contributed by atoms with Gasteiger partial charge in [-0.25, -0.2) is 0 Å². The molecule has 0 unspecified atom stereocenters. The number of nitrogens with two attached hydrogens (primary N) is 1. The number of anilines is 1. The number of carbonyl (C=O) groups excluding carboxylic acids is 2. The van der Waals surface area contributed by atoms with Crippen molar-refractivity contribution in [3.63, 3.8) is 0 Å². The van der Waals surface area contributed by atoms with Gasteiger partial charge in [-0.2, -0.15) is 0 Å². The highest BCUT2D eigenvalue weighted by Gasteiger charge is 2.26. The number of aryl methyl sites for hydroxylation is 2. The number of thiophene rings is 1. The summed E-state index contributed by atoms with van der Waals surface area (Å²) in [4.78, 5) is 25.3. The Balaban J connectivity index is 1.86. The van der Waals surface area contributed by atoms with Gasteiger partial charge in [0.05, 0.1) is 5.56 Å². The maximum atomic E-state index is 12.4. The molecule has 0 radical (unpaired) electrons. The second kappa shape index (κ2) is 5.93. The van der Waals surface area contributed by atoms with Crippen LogP contribution in [0.4, 0.5) is 5.00 Å². The van der Waals surface area contributed by atoms with Crippen LogP contribution in [0.1, 0.15) is 50.1 Å². The van der Waals surface area contributed by atoms with E-state index in [4.69, 9.17) is 5.73 Å². The maximum Gasteiger partial charge on any atom is 0.256 e. The van der Waals surface area contributed by atoms with Crippen LogP contribution in [0.2, 0.25) is 0 Å². The average Bonchev–Trinajstić information content (AvgIpc) is 3.07. The van der Waals surface area contributed by atoms with Crippen LogP contribution in [0.3, 0.4) is 0 Å². The normalized spacial score (nSPS) is 13.0. The Morgan fingerprint density at radius 3 is 2.59 bits per heavy atom. The van der Waals surface area contributed by atoms with Gasteiger partial charge in [0.2, 0.25) is 0 Å². The van der Waals surface area contributed by atoms with Gasteiger partial charge in [-0.1, -0.05) is 19.1 Å². The Morgan fingerprint density at radius 1 is 1.23 bits per heavy atom. The Hall–Kier alpha value is -2.14. The Kier molecular flexibility index (Phi) is 3.98. The van der Waals surface area contributed by atoms with Crippen LogP contribution < -0.4 is 11.1 Å². The van der Waals surface area contributed by atoms with Crippen molar-refractivity contribution in [1.82, 2.24) is 0 Å².